The predicted molar refractivity (Wildman–Crippen MR) is 75.1 cm³/mol. The van der Waals surface area contributed by atoms with Crippen molar-refractivity contribution in [2.45, 2.75) is 44.2 Å². The molecule has 2 amide bonds. The molecule has 1 heterocycles. The number of nitrogens with one attached hydrogen (secondary N) is 2. The fourth-order valence-corrected chi connectivity index (χ4v) is 2.33. The van der Waals surface area contributed by atoms with E-state index in [4.69, 9.17) is 10.2 Å². The van der Waals surface area contributed by atoms with Gasteiger partial charge in [-0.25, -0.2) is 9.59 Å². The summed E-state index contributed by atoms with van der Waals surface area (Å²) in [5.41, 5.74) is 0. The van der Waals surface area contributed by atoms with E-state index in [0.717, 1.165) is 25.9 Å². The van der Waals surface area contributed by atoms with Crippen molar-refractivity contribution in [3.8, 4) is 0 Å². The van der Waals surface area contributed by atoms with Gasteiger partial charge in [0.05, 0.1) is 0 Å². The molecule has 0 aromatic rings. The van der Waals surface area contributed by atoms with Gasteiger partial charge in [0, 0.05) is 19.5 Å². The molecule has 0 spiro atoms. The molecule has 21 heavy (non-hydrogen) atoms. The van der Waals surface area contributed by atoms with Crippen LogP contribution in [0.15, 0.2) is 0 Å². The number of rotatable bonds is 7. The van der Waals surface area contributed by atoms with Crippen molar-refractivity contribution in [3.63, 3.8) is 0 Å². The summed E-state index contributed by atoms with van der Waals surface area (Å²) in [6.45, 7) is 1.67. The summed E-state index contributed by atoms with van der Waals surface area (Å²) in [5.74, 6) is -2.12. The van der Waals surface area contributed by atoms with Crippen molar-refractivity contribution in [3.05, 3.63) is 0 Å². The SMILES string of the molecule is CN(C(=O)N[C@H](CCCC(=O)O)C(=O)O)C1CCNCC1. The number of nitrogens with zero attached hydrogens (tertiary/aromatic N) is 1. The van der Waals surface area contributed by atoms with Crippen LogP contribution in [0.25, 0.3) is 0 Å². The average Bonchev–Trinajstić information content (AvgIpc) is 2.45. The van der Waals surface area contributed by atoms with E-state index in [-0.39, 0.29) is 25.3 Å². The van der Waals surface area contributed by atoms with E-state index >= 15 is 0 Å². The van der Waals surface area contributed by atoms with Crippen molar-refractivity contribution >= 4 is 18.0 Å². The molecule has 0 aliphatic carbocycles. The van der Waals surface area contributed by atoms with E-state index in [1.165, 1.54) is 4.90 Å². The number of carbonyl (C=O) groups excluding carboxylic acids is 1. The number of piperidine rings is 1. The van der Waals surface area contributed by atoms with Crippen LogP contribution in [0.3, 0.4) is 0 Å². The first-order valence-corrected chi connectivity index (χ1v) is 7.10. The highest BCUT2D eigenvalue weighted by molar-refractivity contribution is 5.82. The third kappa shape index (κ3) is 5.99. The Balaban J connectivity index is 2.46. The molecule has 1 aliphatic rings. The first-order valence-electron chi connectivity index (χ1n) is 7.10. The van der Waals surface area contributed by atoms with Gasteiger partial charge in [0.2, 0.25) is 0 Å². The maximum atomic E-state index is 12.1. The van der Waals surface area contributed by atoms with Gasteiger partial charge in [-0.3, -0.25) is 4.79 Å². The van der Waals surface area contributed by atoms with E-state index < -0.39 is 24.0 Å². The molecular weight excluding hydrogens is 278 g/mol. The number of aliphatic carboxylic acids is 2. The standard InChI is InChI=1S/C13H23N3O5/c1-16(9-5-7-14-8-6-9)13(21)15-10(12(19)20)3-2-4-11(17)18/h9-10,14H,2-8H2,1H3,(H,15,21)(H,17,18)(H,19,20)/t10-/m1/s1. The number of amides is 2. The van der Waals surface area contributed by atoms with Gasteiger partial charge in [0.15, 0.2) is 0 Å². The van der Waals surface area contributed by atoms with Crippen molar-refractivity contribution in [2.75, 3.05) is 20.1 Å². The minimum atomic E-state index is -1.15. The number of hydrogen-bond donors (Lipinski definition) is 4. The Morgan fingerprint density at radius 1 is 1.29 bits per heavy atom. The molecule has 0 aromatic heterocycles. The van der Waals surface area contributed by atoms with Crippen molar-refractivity contribution in [1.82, 2.24) is 15.5 Å². The second-order valence-corrected chi connectivity index (χ2v) is 5.22. The number of hydrogen-bond acceptors (Lipinski definition) is 4. The van der Waals surface area contributed by atoms with Crippen LogP contribution in [-0.2, 0) is 9.59 Å². The lowest BCUT2D eigenvalue weighted by Crippen LogP contribution is -2.51. The monoisotopic (exact) mass is 301 g/mol. The van der Waals surface area contributed by atoms with E-state index in [1.807, 2.05) is 0 Å². The summed E-state index contributed by atoms with van der Waals surface area (Å²) in [4.78, 5) is 35.2. The minimum absolute atomic E-state index is 0.0970. The van der Waals surface area contributed by atoms with Gasteiger partial charge in [0.1, 0.15) is 6.04 Å². The van der Waals surface area contributed by atoms with Crippen LogP contribution in [0.5, 0.6) is 0 Å². The lowest BCUT2D eigenvalue weighted by Gasteiger charge is -2.32. The molecule has 0 unspecified atom stereocenters. The quantitative estimate of drug-likeness (QED) is 0.529. The summed E-state index contributed by atoms with van der Waals surface area (Å²) in [6.07, 6.45) is 1.88. The van der Waals surface area contributed by atoms with Crippen molar-refractivity contribution < 1.29 is 24.6 Å². The zero-order valence-electron chi connectivity index (χ0n) is 12.2. The highest BCUT2D eigenvalue weighted by Gasteiger charge is 2.26. The zero-order valence-corrected chi connectivity index (χ0v) is 12.2. The van der Waals surface area contributed by atoms with Crippen LogP contribution in [0, 0.1) is 0 Å². The third-order valence-corrected chi connectivity index (χ3v) is 3.66. The largest absolute Gasteiger partial charge is 0.481 e. The number of carbonyl (C=O) groups is 3. The molecule has 1 atom stereocenters. The molecule has 8 heteroatoms. The summed E-state index contributed by atoms with van der Waals surface area (Å²) >= 11 is 0. The van der Waals surface area contributed by atoms with Crippen LogP contribution < -0.4 is 10.6 Å². The van der Waals surface area contributed by atoms with Crippen molar-refractivity contribution in [2.24, 2.45) is 0 Å². The van der Waals surface area contributed by atoms with Crippen molar-refractivity contribution in [1.29, 1.82) is 0 Å². The Kier molecular flexibility index (Phi) is 6.93. The van der Waals surface area contributed by atoms with E-state index in [2.05, 4.69) is 10.6 Å². The Morgan fingerprint density at radius 3 is 2.43 bits per heavy atom. The molecule has 8 nitrogen and oxygen atoms in total. The topological polar surface area (TPSA) is 119 Å². The number of carboxylic acid groups (broad SMARTS) is 2. The minimum Gasteiger partial charge on any atom is -0.481 e. The second kappa shape index (κ2) is 8.46. The van der Waals surface area contributed by atoms with Crippen LogP contribution in [0.4, 0.5) is 4.79 Å². The average molecular weight is 301 g/mol. The third-order valence-electron chi connectivity index (χ3n) is 3.66. The smallest absolute Gasteiger partial charge is 0.326 e. The number of urea groups is 1. The van der Waals surface area contributed by atoms with Crippen LogP contribution in [-0.4, -0.2) is 65.3 Å². The van der Waals surface area contributed by atoms with Gasteiger partial charge in [-0.15, -0.1) is 0 Å². The molecule has 0 radical (unpaired) electrons. The lowest BCUT2D eigenvalue weighted by molar-refractivity contribution is -0.140. The number of carboxylic acids is 2. The molecule has 0 saturated carbocycles. The predicted octanol–water partition coefficient (Wildman–Crippen LogP) is 0.0879. The fraction of sp³-hybridized carbons (Fsp3) is 0.769. The van der Waals surface area contributed by atoms with Gasteiger partial charge in [-0.05, 0) is 38.8 Å². The van der Waals surface area contributed by atoms with Gasteiger partial charge in [-0.1, -0.05) is 0 Å². The first-order chi connectivity index (χ1) is 9.91. The first kappa shape index (κ1) is 17.2. The van der Waals surface area contributed by atoms with E-state index in [1.54, 1.807) is 7.05 Å². The molecule has 1 fully saturated rings. The Labute approximate surface area is 123 Å². The van der Waals surface area contributed by atoms with Gasteiger partial charge in [0.25, 0.3) is 0 Å². The molecule has 1 saturated heterocycles. The van der Waals surface area contributed by atoms with Gasteiger partial charge >= 0.3 is 18.0 Å². The highest BCUT2D eigenvalue weighted by Crippen LogP contribution is 2.10. The Hall–Kier alpha value is -1.83. The van der Waals surface area contributed by atoms with E-state index in [9.17, 15) is 14.4 Å². The van der Waals surface area contributed by atoms with Gasteiger partial charge < -0.3 is 25.7 Å². The molecule has 120 valence electrons. The summed E-state index contributed by atoms with van der Waals surface area (Å²) in [6, 6.07) is -1.38. The van der Waals surface area contributed by atoms with Crippen LogP contribution in [0.1, 0.15) is 32.1 Å². The Morgan fingerprint density at radius 2 is 1.90 bits per heavy atom. The lowest BCUT2D eigenvalue weighted by atomic mass is 10.1. The molecular formula is C13H23N3O5. The second-order valence-electron chi connectivity index (χ2n) is 5.22. The molecule has 4 N–H and O–H groups in total. The van der Waals surface area contributed by atoms with E-state index in [0.29, 0.717) is 0 Å². The molecule has 0 aromatic carbocycles. The fourth-order valence-electron chi connectivity index (χ4n) is 2.33. The summed E-state index contributed by atoms with van der Waals surface area (Å²) in [7, 11) is 1.65. The highest BCUT2D eigenvalue weighted by atomic mass is 16.4. The van der Waals surface area contributed by atoms with Gasteiger partial charge in [-0.2, -0.15) is 0 Å². The maximum Gasteiger partial charge on any atom is 0.326 e. The molecule has 1 rings (SSSR count). The molecule has 0 bridgehead atoms. The maximum absolute atomic E-state index is 12.1. The normalized spacial score (nSPS) is 17.0. The van der Waals surface area contributed by atoms with Crippen LogP contribution in [0.2, 0.25) is 0 Å². The van der Waals surface area contributed by atoms with Crippen LogP contribution >= 0.6 is 0 Å². The Bertz CT molecular complexity index is 382. The summed E-state index contributed by atoms with van der Waals surface area (Å²) < 4.78 is 0. The molecule has 1 aliphatic heterocycles. The zero-order chi connectivity index (χ0) is 15.8. The summed E-state index contributed by atoms with van der Waals surface area (Å²) in [5, 5.41) is 23.3.